The van der Waals surface area contributed by atoms with E-state index in [1.807, 2.05) is 19.1 Å². The normalized spacial score (nSPS) is 13.8. The number of halogens is 3. The number of aromatic nitrogens is 3. The minimum atomic E-state index is -4.52. The molecular weight excluding hydrogens is 429 g/mol. The number of hydrogen-bond acceptors (Lipinski definition) is 5. The number of ether oxygens (including phenoxy) is 1. The van der Waals surface area contributed by atoms with Crippen LogP contribution in [0, 0.1) is 6.92 Å². The number of rotatable bonds is 5. The Morgan fingerprint density at radius 3 is 2.45 bits per heavy atom. The molecule has 8 heteroatoms. The third kappa shape index (κ3) is 4.20. The number of anilines is 2. The van der Waals surface area contributed by atoms with Crippen LogP contribution in [0.3, 0.4) is 0 Å². The second-order valence-electron chi connectivity index (χ2n) is 8.16. The lowest BCUT2D eigenvalue weighted by Crippen LogP contribution is -2.08. The number of nitrogens with one attached hydrogen (secondary N) is 1. The Labute approximate surface area is 188 Å². The molecule has 2 aromatic heterocycles. The molecule has 1 aliphatic carbocycles. The van der Waals surface area contributed by atoms with E-state index in [1.165, 1.54) is 37.8 Å². The van der Waals surface area contributed by atoms with E-state index >= 15 is 0 Å². The van der Waals surface area contributed by atoms with Crippen LogP contribution in [0.25, 0.3) is 22.2 Å². The Morgan fingerprint density at radius 1 is 1.03 bits per heavy atom. The third-order valence-corrected chi connectivity index (χ3v) is 5.77. The first-order chi connectivity index (χ1) is 15.8. The lowest BCUT2D eigenvalue weighted by atomic mass is 10.00. The third-order valence-electron chi connectivity index (χ3n) is 5.77. The van der Waals surface area contributed by atoms with Gasteiger partial charge in [-0.05, 0) is 73.2 Å². The summed E-state index contributed by atoms with van der Waals surface area (Å²) >= 11 is 0. The smallest absolute Gasteiger partial charge is 0.418 e. The van der Waals surface area contributed by atoms with Crippen molar-refractivity contribution in [3.8, 4) is 17.3 Å². The Kier molecular flexibility index (Phi) is 5.15. The van der Waals surface area contributed by atoms with Crippen LogP contribution in [0.1, 0.15) is 35.4 Å². The summed E-state index contributed by atoms with van der Waals surface area (Å²) in [6.07, 6.45) is -0.707. The Bertz CT molecular complexity index is 1330. The van der Waals surface area contributed by atoms with Gasteiger partial charge in [-0.3, -0.25) is 4.98 Å². The van der Waals surface area contributed by atoms with E-state index in [0.717, 1.165) is 17.3 Å². The molecule has 1 saturated carbocycles. The largest absolute Gasteiger partial charge is 0.467 e. The van der Waals surface area contributed by atoms with Crippen LogP contribution in [-0.4, -0.2) is 22.1 Å². The van der Waals surface area contributed by atoms with Gasteiger partial charge in [-0.15, -0.1) is 0 Å². The number of fused-ring (bicyclic) bond motifs is 1. The van der Waals surface area contributed by atoms with Crippen LogP contribution in [0.2, 0.25) is 0 Å². The zero-order chi connectivity index (χ0) is 23.2. The Balaban J connectivity index is 1.61. The second kappa shape index (κ2) is 8.03. The average molecular weight is 450 g/mol. The summed E-state index contributed by atoms with van der Waals surface area (Å²) < 4.78 is 45.9. The number of nitrogens with zero attached hydrogens (tertiary/aromatic N) is 3. The van der Waals surface area contributed by atoms with Gasteiger partial charge in [-0.1, -0.05) is 12.1 Å². The van der Waals surface area contributed by atoms with Crippen LogP contribution in [-0.2, 0) is 6.18 Å². The summed E-state index contributed by atoms with van der Waals surface area (Å²) in [5.41, 5.74) is 2.76. The molecule has 4 aromatic rings. The molecule has 2 heterocycles. The average Bonchev–Trinajstić information content (AvgIpc) is 3.64. The van der Waals surface area contributed by atoms with Crippen LogP contribution >= 0.6 is 0 Å². The molecule has 0 bridgehead atoms. The summed E-state index contributed by atoms with van der Waals surface area (Å²) in [5.74, 6) is 1.19. The fourth-order valence-corrected chi connectivity index (χ4v) is 4.02. The molecule has 2 aromatic carbocycles. The highest BCUT2D eigenvalue weighted by molar-refractivity contribution is 5.96. The maximum absolute atomic E-state index is 13.6. The summed E-state index contributed by atoms with van der Waals surface area (Å²) in [6, 6.07) is 13.9. The fourth-order valence-electron chi connectivity index (χ4n) is 4.02. The second-order valence-corrected chi connectivity index (χ2v) is 8.16. The van der Waals surface area contributed by atoms with Crippen molar-refractivity contribution >= 4 is 22.4 Å². The quantitative estimate of drug-likeness (QED) is 0.369. The molecule has 0 amide bonds. The molecule has 0 saturated heterocycles. The van der Waals surface area contributed by atoms with Crippen LogP contribution in [0.5, 0.6) is 6.01 Å². The predicted octanol–water partition coefficient (Wildman–Crippen LogP) is 6.65. The SMILES string of the molecule is COc1nc(Nc2ccc(C3CC3)cc2)c2c(C)cc(-c3ncccc3C(F)(F)F)cc2n1. The van der Waals surface area contributed by atoms with Gasteiger partial charge in [0.15, 0.2) is 0 Å². The Hall–Kier alpha value is -3.68. The number of hydrogen-bond donors (Lipinski definition) is 1. The van der Waals surface area contributed by atoms with Gasteiger partial charge in [0.2, 0.25) is 0 Å². The lowest BCUT2D eigenvalue weighted by Gasteiger charge is -2.15. The van der Waals surface area contributed by atoms with Crippen molar-refractivity contribution in [1.82, 2.24) is 15.0 Å². The van der Waals surface area contributed by atoms with E-state index < -0.39 is 11.7 Å². The summed E-state index contributed by atoms with van der Waals surface area (Å²) in [7, 11) is 1.45. The molecular formula is C25H21F3N4O. The molecule has 0 radical (unpaired) electrons. The highest BCUT2D eigenvalue weighted by atomic mass is 19.4. The fraction of sp³-hybridized carbons (Fsp3) is 0.240. The van der Waals surface area contributed by atoms with E-state index in [0.29, 0.717) is 28.2 Å². The van der Waals surface area contributed by atoms with Gasteiger partial charge >= 0.3 is 12.2 Å². The number of aryl methyl sites for hydroxylation is 1. The van der Waals surface area contributed by atoms with Crippen LogP contribution < -0.4 is 10.1 Å². The molecule has 1 N–H and O–H groups in total. The van der Waals surface area contributed by atoms with Gasteiger partial charge < -0.3 is 10.1 Å². The zero-order valence-corrected chi connectivity index (χ0v) is 18.1. The highest BCUT2D eigenvalue weighted by Gasteiger charge is 2.34. The molecule has 0 atom stereocenters. The first-order valence-electron chi connectivity index (χ1n) is 10.6. The van der Waals surface area contributed by atoms with E-state index in [-0.39, 0.29) is 11.7 Å². The topological polar surface area (TPSA) is 59.9 Å². The van der Waals surface area contributed by atoms with Gasteiger partial charge in [-0.25, -0.2) is 0 Å². The van der Waals surface area contributed by atoms with Gasteiger partial charge in [0, 0.05) is 22.8 Å². The van der Waals surface area contributed by atoms with E-state index in [2.05, 4.69) is 32.4 Å². The summed E-state index contributed by atoms with van der Waals surface area (Å²) in [5, 5.41) is 4.02. The molecule has 0 aliphatic heterocycles. The zero-order valence-electron chi connectivity index (χ0n) is 18.1. The van der Waals surface area contributed by atoms with Gasteiger partial charge in [0.1, 0.15) is 5.82 Å². The number of pyridine rings is 1. The van der Waals surface area contributed by atoms with Crippen molar-refractivity contribution in [2.24, 2.45) is 0 Å². The molecule has 5 rings (SSSR count). The molecule has 0 spiro atoms. The summed E-state index contributed by atoms with van der Waals surface area (Å²) in [6.45, 7) is 1.82. The molecule has 168 valence electrons. The maximum atomic E-state index is 13.6. The van der Waals surface area contributed by atoms with Crippen molar-refractivity contribution in [1.29, 1.82) is 0 Å². The minimum absolute atomic E-state index is 0.119. The van der Waals surface area contributed by atoms with Crippen molar-refractivity contribution in [2.45, 2.75) is 31.9 Å². The molecule has 1 aliphatic rings. The van der Waals surface area contributed by atoms with Gasteiger partial charge in [0.25, 0.3) is 0 Å². The maximum Gasteiger partial charge on any atom is 0.418 e. The van der Waals surface area contributed by atoms with Crippen molar-refractivity contribution in [3.63, 3.8) is 0 Å². The number of benzene rings is 2. The lowest BCUT2D eigenvalue weighted by molar-refractivity contribution is -0.137. The monoisotopic (exact) mass is 450 g/mol. The van der Waals surface area contributed by atoms with Gasteiger partial charge in [-0.2, -0.15) is 23.1 Å². The van der Waals surface area contributed by atoms with Crippen LogP contribution in [0.15, 0.2) is 54.7 Å². The van der Waals surface area contributed by atoms with E-state index in [9.17, 15) is 13.2 Å². The van der Waals surface area contributed by atoms with Crippen molar-refractivity contribution in [3.05, 3.63) is 71.4 Å². The summed E-state index contributed by atoms with van der Waals surface area (Å²) in [4.78, 5) is 12.9. The van der Waals surface area contributed by atoms with Crippen molar-refractivity contribution in [2.75, 3.05) is 12.4 Å². The van der Waals surface area contributed by atoms with E-state index in [4.69, 9.17) is 4.74 Å². The van der Waals surface area contributed by atoms with Gasteiger partial charge in [0.05, 0.1) is 23.9 Å². The molecule has 5 nitrogen and oxygen atoms in total. The van der Waals surface area contributed by atoms with E-state index in [1.54, 1.807) is 12.1 Å². The first kappa shape index (κ1) is 21.2. The minimum Gasteiger partial charge on any atom is -0.467 e. The number of alkyl halides is 3. The highest BCUT2D eigenvalue weighted by Crippen LogP contribution is 2.41. The molecule has 1 fully saturated rings. The standard InChI is InChI=1S/C25H21F3N4O/c1-14-12-17(22-19(25(26,27)28)4-3-11-29-22)13-20-21(14)23(32-24(31-20)33-2)30-18-9-7-16(8-10-18)15-5-6-15/h3-4,7-13,15H,5-6H2,1-2H3,(H,30,31,32). The van der Waals surface area contributed by atoms with Crippen molar-refractivity contribution < 1.29 is 17.9 Å². The number of methoxy groups -OCH3 is 1. The first-order valence-corrected chi connectivity index (χ1v) is 10.6. The van der Waals surface area contributed by atoms with Crippen LogP contribution in [0.4, 0.5) is 24.7 Å². The Morgan fingerprint density at radius 2 is 1.79 bits per heavy atom. The molecule has 33 heavy (non-hydrogen) atoms. The molecule has 0 unspecified atom stereocenters. The predicted molar refractivity (Wildman–Crippen MR) is 121 cm³/mol.